The second-order valence-electron chi connectivity index (χ2n) is 1.38. The molecule has 1 amide bonds. The van der Waals surface area contributed by atoms with Crippen molar-refractivity contribution in [3.63, 3.8) is 0 Å². The van der Waals surface area contributed by atoms with Gasteiger partial charge in [0.2, 0.25) is 6.41 Å². The molecule has 0 aromatic carbocycles. The fourth-order valence-electron chi connectivity index (χ4n) is 0.446. The number of anilines is 1. The highest BCUT2D eigenvalue weighted by Gasteiger charge is 2.04. The van der Waals surface area contributed by atoms with Gasteiger partial charge in [-0.05, 0) is 11.5 Å². The number of hydrogen-bond donors (Lipinski definition) is 0. The fourth-order valence-corrected chi connectivity index (χ4v) is 0.870. The van der Waals surface area contributed by atoms with Crippen LogP contribution in [0.3, 0.4) is 0 Å². The van der Waals surface area contributed by atoms with Crippen molar-refractivity contribution in [3.05, 3.63) is 5.38 Å². The van der Waals surface area contributed by atoms with Crippen molar-refractivity contribution in [2.45, 2.75) is 0 Å². The zero-order valence-corrected chi connectivity index (χ0v) is 6.04. The van der Waals surface area contributed by atoms with E-state index in [1.165, 1.54) is 7.11 Å². The average molecular weight is 159 g/mol. The molecule has 1 rings (SSSR count). The van der Waals surface area contributed by atoms with Crippen LogP contribution in [0, 0.1) is 0 Å². The summed E-state index contributed by atoms with van der Waals surface area (Å²) in [6.45, 7) is 0. The second-order valence-corrected chi connectivity index (χ2v) is 1.99. The third-order valence-electron chi connectivity index (χ3n) is 0.867. The van der Waals surface area contributed by atoms with Crippen molar-refractivity contribution in [3.8, 4) is 0 Å². The monoisotopic (exact) mass is 159 g/mol. The lowest BCUT2D eigenvalue weighted by molar-refractivity contribution is -0.112. The molecule has 0 saturated heterocycles. The van der Waals surface area contributed by atoms with Crippen molar-refractivity contribution < 1.29 is 9.63 Å². The van der Waals surface area contributed by atoms with Crippen LogP contribution in [0.1, 0.15) is 0 Å². The number of rotatable bonds is 3. The number of carbonyl (C=O) groups is 1. The van der Waals surface area contributed by atoms with Crippen LogP contribution >= 0.6 is 11.5 Å². The van der Waals surface area contributed by atoms with Gasteiger partial charge in [0, 0.05) is 0 Å². The van der Waals surface area contributed by atoms with E-state index in [0.717, 1.165) is 16.6 Å². The van der Waals surface area contributed by atoms with Gasteiger partial charge in [-0.3, -0.25) is 9.63 Å². The Bertz CT molecular complexity index is 200. The lowest BCUT2D eigenvalue weighted by atomic mass is 10.8. The molecule has 0 aliphatic heterocycles. The molecular formula is C4H5N3O2S. The summed E-state index contributed by atoms with van der Waals surface area (Å²) in [7, 11) is 1.38. The standard InChI is InChI=1S/C4H5N3O2S/c1-9-7(3-8)4-2-10-6-5-4/h2-3H,1H3. The Labute approximate surface area is 61.3 Å². The minimum absolute atomic E-state index is 0.405. The van der Waals surface area contributed by atoms with E-state index in [-0.39, 0.29) is 0 Å². The van der Waals surface area contributed by atoms with Gasteiger partial charge in [-0.15, -0.1) is 5.10 Å². The number of carbonyl (C=O) groups excluding carboxylic acids is 1. The Hall–Kier alpha value is -1.01. The SMILES string of the molecule is CON(C=O)c1csnn1. The summed E-state index contributed by atoms with van der Waals surface area (Å²) < 4.78 is 3.55. The molecule has 54 valence electrons. The molecule has 10 heavy (non-hydrogen) atoms. The lowest BCUT2D eigenvalue weighted by Gasteiger charge is -2.07. The Morgan fingerprint density at radius 3 is 3.10 bits per heavy atom. The molecule has 0 unspecified atom stereocenters. The van der Waals surface area contributed by atoms with Crippen LogP contribution < -0.4 is 5.06 Å². The summed E-state index contributed by atoms with van der Waals surface area (Å²) in [4.78, 5) is 14.8. The molecule has 5 nitrogen and oxygen atoms in total. The summed E-state index contributed by atoms with van der Waals surface area (Å²) in [5, 5.41) is 6.20. The van der Waals surface area contributed by atoms with Crippen LogP contribution in [0.2, 0.25) is 0 Å². The highest BCUT2D eigenvalue weighted by Crippen LogP contribution is 2.08. The van der Waals surface area contributed by atoms with Gasteiger partial charge >= 0.3 is 0 Å². The largest absolute Gasteiger partial charge is 0.276 e. The first kappa shape index (κ1) is 7.10. The van der Waals surface area contributed by atoms with E-state index in [1.807, 2.05) is 0 Å². The zero-order valence-electron chi connectivity index (χ0n) is 5.22. The maximum atomic E-state index is 10.2. The highest BCUT2D eigenvalue weighted by molar-refractivity contribution is 7.03. The lowest BCUT2D eigenvalue weighted by Crippen LogP contribution is -2.19. The molecule has 0 N–H and O–H groups in total. The summed E-state index contributed by atoms with van der Waals surface area (Å²) >= 11 is 1.16. The first-order valence-corrected chi connectivity index (χ1v) is 3.28. The van der Waals surface area contributed by atoms with E-state index >= 15 is 0 Å². The van der Waals surface area contributed by atoms with E-state index in [0.29, 0.717) is 12.2 Å². The molecule has 0 fully saturated rings. The van der Waals surface area contributed by atoms with Crippen molar-refractivity contribution in [2.24, 2.45) is 0 Å². The van der Waals surface area contributed by atoms with Crippen LogP contribution in [-0.4, -0.2) is 23.1 Å². The van der Waals surface area contributed by atoms with E-state index in [2.05, 4.69) is 14.4 Å². The predicted octanol–water partition coefficient (Wildman–Crippen LogP) is 0.0623. The average Bonchev–Trinajstić information content (AvgIpc) is 2.43. The number of hydrogen-bond acceptors (Lipinski definition) is 5. The summed E-state index contributed by atoms with van der Waals surface area (Å²) in [5.74, 6) is 0.405. The zero-order chi connectivity index (χ0) is 7.40. The smallest absolute Gasteiger partial charge is 0.239 e. The molecule has 0 spiro atoms. The maximum absolute atomic E-state index is 10.2. The van der Waals surface area contributed by atoms with E-state index in [9.17, 15) is 4.79 Å². The topological polar surface area (TPSA) is 55.3 Å². The molecule has 6 heteroatoms. The third kappa shape index (κ3) is 1.28. The number of aromatic nitrogens is 2. The predicted molar refractivity (Wildman–Crippen MR) is 35.5 cm³/mol. The van der Waals surface area contributed by atoms with Gasteiger partial charge in [0.15, 0.2) is 5.82 Å². The second kappa shape index (κ2) is 3.23. The van der Waals surface area contributed by atoms with Gasteiger partial charge in [-0.25, -0.2) is 0 Å². The molecule has 0 radical (unpaired) electrons. The van der Waals surface area contributed by atoms with Gasteiger partial charge < -0.3 is 0 Å². The van der Waals surface area contributed by atoms with E-state index in [1.54, 1.807) is 5.38 Å². The molecule has 0 bridgehead atoms. The van der Waals surface area contributed by atoms with Crippen molar-refractivity contribution in [1.82, 2.24) is 9.59 Å². The Morgan fingerprint density at radius 2 is 2.70 bits per heavy atom. The molecule has 0 aliphatic carbocycles. The summed E-state index contributed by atoms with van der Waals surface area (Å²) in [5.41, 5.74) is 0. The van der Waals surface area contributed by atoms with Gasteiger partial charge in [-0.1, -0.05) is 4.49 Å². The maximum Gasteiger partial charge on any atom is 0.239 e. The number of amides is 1. The number of hydroxylamine groups is 1. The van der Waals surface area contributed by atoms with Crippen LogP contribution in [-0.2, 0) is 9.63 Å². The summed E-state index contributed by atoms with van der Waals surface area (Å²) in [6.07, 6.45) is 0.525. The molecule has 1 aromatic rings. The van der Waals surface area contributed by atoms with Gasteiger partial charge in [-0.2, -0.15) is 5.06 Å². The minimum atomic E-state index is 0.405. The van der Waals surface area contributed by atoms with Crippen molar-refractivity contribution in [2.75, 3.05) is 12.2 Å². The minimum Gasteiger partial charge on any atom is -0.276 e. The fraction of sp³-hybridized carbons (Fsp3) is 0.250. The highest BCUT2D eigenvalue weighted by atomic mass is 32.1. The Balaban J connectivity index is 2.73. The van der Waals surface area contributed by atoms with Crippen LogP contribution in [0.5, 0.6) is 0 Å². The molecule has 1 aromatic heterocycles. The molecule has 0 aliphatic rings. The Kier molecular flexibility index (Phi) is 2.30. The van der Waals surface area contributed by atoms with E-state index < -0.39 is 0 Å². The molecule has 0 atom stereocenters. The first-order valence-electron chi connectivity index (χ1n) is 2.44. The van der Waals surface area contributed by atoms with Crippen LogP contribution in [0.25, 0.3) is 0 Å². The first-order chi connectivity index (χ1) is 4.88. The van der Waals surface area contributed by atoms with Crippen molar-refractivity contribution in [1.29, 1.82) is 0 Å². The number of nitrogens with zero attached hydrogens (tertiary/aromatic N) is 3. The molecule has 1 heterocycles. The summed E-state index contributed by atoms with van der Waals surface area (Å²) in [6, 6.07) is 0. The van der Waals surface area contributed by atoms with Gasteiger partial charge in [0.25, 0.3) is 0 Å². The van der Waals surface area contributed by atoms with Crippen molar-refractivity contribution >= 4 is 23.8 Å². The Morgan fingerprint density at radius 1 is 1.90 bits per heavy atom. The molecule has 0 saturated carbocycles. The quantitative estimate of drug-likeness (QED) is 0.462. The van der Waals surface area contributed by atoms with Crippen LogP contribution in [0.15, 0.2) is 5.38 Å². The van der Waals surface area contributed by atoms with E-state index in [4.69, 9.17) is 0 Å². The van der Waals surface area contributed by atoms with Crippen LogP contribution in [0.4, 0.5) is 5.82 Å². The normalized spacial score (nSPS) is 9.30. The third-order valence-corrected chi connectivity index (χ3v) is 1.36. The van der Waals surface area contributed by atoms with Gasteiger partial charge in [0.1, 0.15) is 0 Å². The molecular weight excluding hydrogens is 154 g/mol. The van der Waals surface area contributed by atoms with Gasteiger partial charge in [0.05, 0.1) is 12.5 Å².